The van der Waals surface area contributed by atoms with Crippen LogP contribution in [0.1, 0.15) is 47.5 Å². The Hall–Kier alpha value is -1.14. The van der Waals surface area contributed by atoms with Crippen LogP contribution in [-0.4, -0.2) is 16.5 Å². The van der Waals surface area contributed by atoms with Crippen LogP contribution in [0.25, 0.3) is 0 Å². The Morgan fingerprint density at radius 2 is 2.05 bits per heavy atom. The molecule has 1 rings (SSSR count). The molecule has 0 radical (unpaired) electrons. The van der Waals surface area contributed by atoms with Crippen LogP contribution in [0, 0.1) is 35.0 Å². The van der Waals surface area contributed by atoms with Crippen molar-refractivity contribution in [3.05, 3.63) is 11.6 Å². The second-order valence-corrected chi connectivity index (χ2v) is 6.38. The number of hydrogen-bond acceptors (Lipinski definition) is 3. The topological polar surface area (TPSA) is 61.1 Å². The smallest absolute Gasteiger partial charge is 0.152 e. The lowest BCUT2D eigenvalue weighted by Gasteiger charge is -2.34. The lowest BCUT2D eigenvalue weighted by molar-refractivity contribution is -0.112. The molecule has 0 heterocycles. The van der Waals surface area contributed by atoms with Crippen LogP contribution in [0.15, 0.2) is 11.6 Å². The maximum Gasteiger partial charge on any atom is 0.152 e. The van der Waals surface area contributed by atoms with Crippen LogP contribution in [0.2, 0.25) is 0 Å². The Balaban J connectivity index is 2.86. The zero-order valence-corrected chi connectivity index (χ0v) is 12.6. The van der Waals surface area contributed by atoms with Gasteiger partial charge in [0, 0.05) is 5.92 Å². The Bertz CT molecular complexity index is 417. The summed E-state index contributed by atoms with van der Waals surface area (Å²) in [7, 11) is 0. The number of rotatable bonds is 4. The number of allylic oxidation sites excluding steroid dienone is 2. The quantitative estimate of drug-likeness (QED) is 0.793. The van der Waals surface area contributed by atoms with Gasteiger partial charge in [-0.15, -0.1) is 0 Å². The molecule has 1 aliphatic rings. The van der Waals surface area contributed by atoms with Crippen molar-refractivity contribution in [2.75, 3.05) is 0 Å². The van der Waals surface area contributed by atoms with E-state index in [1.54, 1.807) is 13.0 Å². The third kappa shape index (κ3) is 3.67. The minimum atomic E-state index is -0.773. The molecule has 19 heavy (non-hydrogen) atoms. The number of nitrogens with zero attached hydrogens (tertiary/aromatic N) is 1. The summed E-state index contributed by atoms with van der Waals surface area (Å²) in [5.74, 6) is 0.612. The molecule has 0 amide bonds. The Kier molecular flexibility index (Phi) is 4.92. The fourth-order valence-electron chi connectivity index (χ4n) is 3.39. The van der Waals surface area contributed by atoms with Crippen molar-refractivity contribution in [1.29, 1.82) is 5.26 Å². The first-order valence-corrected chi connectivity index (χ1v) is 6.99. The van der Waals surface area contributed by atoms with Gasteiger partial charge >= 0.3 is 0 Å². The molecule has 3 nitrogen and oxygen atoms in total. The van der Waals surface area contributed by atoms with Gasteiger partial charge in [-0.3, -0.25) is 4.79 Å². The first-order chi connectivity index (χ1) is 8.69. The number of ketones is 1. The van der Waals surface area contributed by atoms with Crippen molar-refractivity contribution < 1.29 is 9.90 Å². The van der Waals surface area contributed by atoms with Gasteiger partial charge in [0.1, 0.15) is 0 Å². The van der Waals surface area contributed by atoms with E-state index in [4.69, 9.17) is 5.26 Å². The zero-order chi connectivity index (χ0) is 14.8. The summed E-state index contributed by atoms with van der Waals surface area (Å²) in [5, 5.41) is 19.5. The second kappa shape index (κ2) is 5.88. The van der Waals surface area contributed by atoms with Crippen LogP contribution >= 0.6 is 0 Å². The summed E-state index contributed by atoms with van der Waals surface area (Å²) in [5.41, 5.74) is 0.279. The van der Waals surface area contributed by atoms with Crippen LogP contribution in [0.4, 0.5) is 0 Å². The molecule has 1 saturated carbocycles. The second-order valence-electron chi connectivity index (χ2n) is 6.38. The number of nitriles is 1. The molecule has 0 aromatic rings. The van der Waals surface area contributed by atoms with Gasteiger partial charge in [-0.1, -0.05) is 19.4 Å². The molecule has 3 heteroatoms. The van der Waals surface area contributed by atoms with Gasteiger partial charge in [0.15, 0.2) is 5.78 Å². The molecule has 0 saturated heterocycles. The van der Waals surface area contributed by atoms with Crippen molar-refractivity contribution in [3.8, 4) is 6.07 Å². The summed E-state index contributed by atoms with van der Waals surface area (Å²) < 4.78 is 0. The molecular formula is C16H25NO2. The van der Waals surface area contributed by atoms with Crippen molar-refractivity contribution >= 4 is 5.78 Å². The minimum absolute atomic E-state index is 0.0493. The minimum Gasteiger partial charge on any atom is -0.390 e. The number of carbonyl (C=O) groups is 1. The molecule has 0 aromatic heterocycles. The Labute approximate surface area is 116 Å². The molecule has 0 aromatic carbocycles. The van der Waals surface area contributed by atoms with Crippen molar-refractivity contribution in [2.24, 2.45) is 23.7 Å². The molecule has 106 valence electrons. The molecule has 0 aliphatic heterocycles. The number of carbonyl (C=O) groups excluding carboxylic acids is 1. The maximum atomic E-state index is 11.2. The molecule has 0 bridgehead atoms. The van der Waals surface area contributed by atoms with Crippen molar-refractivity contribution in [1.82, 2.24) is 0 Å². The SMILES string of the molecule is CC(=O)/C=C(/C)C(C)[C@@H](C)C1C[C@@H](C#N)CC1(C)O. The summed E-state index contributed by atoms with van der Waals surface area (Å²) >= 11 is 0. The zero-order valence-electron chi connectivity index (χ0n) is 12.6. The first-order valence-electron chi connectivity index (χ1n) is 6.99. The van der Waals surface area contributed by atoms with E-state index in [9.17, 15) is 9.90 Å². The van der Waals surface area contributed by atoms with Gasteiger partial charge in [-0.05, 0) is 57.4 Å². The summed E-state index contributed by atoms with van der Waals surface area (Å²) in [6, 6.07) is 2.28. The molecule has 1 fully saturated rings. The average molecular weight is 263 g/mol. The van der Waals surface area contributed by atoms with E-state index in [2.05, 4.69) is 19.9 Å². The normalized spacial score (nSPS) is 34.7. The van der Waals surface area contributed by atoms with Gasteiger partial charge in [-0.25, -0.2) is 0 Å². The average Bonchev–Trinajstić information content (AvgIpc) is 2.61. The third-order valence-electron chi connectivity index (χ3n) is 4.75. The van der Waals surface area contributed by atoms with Crippen molar-refractivity contribution in [3.63, 3.8) is 0 Å². The predicted octanol–water partition coefficient (Wildman–Crippen LogP) is 3.09. The van der Waals surface area contributed by atoms with E-state index in [1.165, 1.54) is 0 Å². The molecule has 0 spiro atoms. The van der Waals surface area contributed by atoms with E-state index in [-0.39, 0.29) is 29.5 Å². The molecule has 1 N–H and O–H groups in total. The Morgan fingerprint density at radius 3 is 2.47 bits per heavy atom. The lowest BCUT2D eigenvalue weighted by atomic mass is 9.74. The highest BCUT2D eigenvalue weighted by Gasteiger charge is 2.46. The number of hydrogen-bond donors (Lipinski definition) is 1. The van der Waals surface area contributed by atoms with Gasteiger partial charge in [0.25, 0.3) is 0 Å². The fourth-order valence-corrected chi connectivity index (χ4v) is 3.39. The van der Waals surface area contributed by atoms with Gasteiger partial charge < -0.3 is 5.11 Å². The first kappa shape index (κ1) is 15.9. The van der Waals surface area contributed by atoms with Gasteiger partial charge in [0.05, 0.1) is 11.7 Å². The lowest BCUT2D eigenvalue weighted by Crippen LogP contribution is -2.36. The van der Waals surface area contributed by atoms with E-state index in [1.807, 2.05) is 13.8 Å². The molecule has 3 unspecified atom stereocenters. The van der Waals surface area contributed by atoms with Crippen LogP contribution in [0.3, 0.4) is 0 Å². The van der Waals surface area contributed by atoms with E-state index in [0.29, 0.717) is 6.42 Å². The van der Waals surface area contributed by atoms with Crippen LogP contribution in [-0.2, 0) is 4.79 Å². The third-order valence-corrected chi connectivity index (χ3v) is 4.75. The number of aliphatic hydroxyl groups is 1. The van der Waals surface area contributed by atoms with E-state index >= 15 is 0 Å². The summed E-state index contributed by atoms with van der Waals surface area (Å²) in [4.78, 5) is 11.2. The van der Waals surface area contributed by atoms with Crippen LogP contribution < -0.4 is 0 Å². The standard InChI is InChI=1S/C16H25NO2/c1-10(6-11(2)18)12(3)13(4)15-7-14(9-17)8-16(15,5)19/h6,12-15,19H,7-8H2,1-5H3/b10-6-/t12?,13-,14-,15?,16?/m1/s1. The van der Waals surface area contributed by atoms with E-state index < -0.39 is 5.60 Å². The Morgan fingerprint density at radius 1 is 1.47 bits per heavy atom. The highest BCUT2D eigenvalue weighted by atomic mass is 16.3. The molecular weight excluding hydrogens is 238 g/mol. The van der Waals surface area contributed by atoms with E-state index in [0.717, 1.165) is 12.0 Å². The van der Waals surface area contributed by atoms with Gasteiger partial charge in [-0.2, -0.15) is 5.26 Å². The fraction of sp³-hybridized carbons (Fsp3) is 0.750. The highest BCUT2D eigenvalue weighted by Crippen LogP contribution is 2.46. The summed E-state index contributed by atoms with van der Waals surface area (Å²) in [6.07, 6.45) is 2.98. The van der Waals surface area contributed by atoms with Crippen LogP contribution in [0.5, 0.6) is 0 Å². The monoisotopic (exact) mass is 263 g/mol. The summed E-state index contributed by atoms with van der Waals surface area (Å²) in [6.45, 7) is 9.56. The maximum absolute atomic E-state index is 11.2. The molecule has 5 atom stereocenters. The largest absolute Gasteiger partial charge is 0.390 e. The van der Waals surface area contributed by atoms with Crippen molar-refractivity contribution in [2.45, 2.75) is 53.1 Å². The molecule has 1 aliphatic carbocycles. The predicted molar refractivity (Wildman–Crippen MR) is 75.2 cm³/mol. The van der Waals surface area contributed by atoms with Gasteiger partial charge in [0.2, 0.25) is 0 Å². The highest BCUT2D eigenvalue weighted by molar-refractivity contribution is 5.87.